The molecule has 25 heavy (non-hydrogen) atoms. The smallest absolute Gasteiger partial charge is 0.230 e. The van der Waals surface area contributed by atoms with Crippen LogP contribution in [-0.4, -0.2) is 28.9 Å². The van der Waals surface area contributed by atoms with E-state index in [-0.39, 0.29) is 36.6 Å². The second-order valence-corrected chi connectivity index (χ2v) is 7.04. The average Bonchev–Trinajstić information content (AvgIpc) is 2.96. The second-order valence-electron chi connectivity index (χ2n) is 5.96. The van der Waals surface area contributed by atoms with Crippen molar-refractivity contribution < 1.29 is 4.79 Å². The monoisotopic (exact) mass is 402 g/mol. The summed E-state index contributed by atoms with van der Waals surface area (Å²) in [4.78, 5) is 20.2. The predicted molar refractivity (Wildman–Crippen MR) is 108 cm³/mol. The quantitative estimate of drug-likeness (QED) is 0.805. The molecule has 1 aromatic carbocycles. The van der Waals surface area contributed by atoms with Crippen molar-refractivity contribution in [3.8, 4) is 0 Å². The van der Waals surface area contributed by atoms with E-state index in [4.69, 9.17) is 5.73 Å². The minimum atomic E-state index is -0.189. The van der Waals surface area contributed by atoms with E-state index >= 15 is 0 Å². The van der Waals surface area contributed by atoms with Crippen LogP contribution in [0.4, 0.5) is 5.13 Å². The molecule has 1 aliphatic heterocycles. The van der Waals surface area contributed by atoms with Crippen LogP contribution in [0.3, 0.4) is 0 Å². The predicted octanol–water partition coefficient (Wildman–Crippen LogP) is 3.08. The van der Waals surface area contributed by atoms with Crippen LogP contribution in [-0.2, 0) is 24.3 Å². The van der Waals surface area contributed by atoms with Crippen molar-refractivity contribution in [2.24, 2.45) is 11.7 Å². The Hall–Kier alpha value is -1.18. The van der Waals surface area contributed by atoms with E-state index in [1.54, 1.807) is 11.3 Å². The van der Waals surface area contributed by atoms with Gasteiger partial charge in [-0.1, -0.05) is 37.3 Å². The number of hydrogen-bond acceptors (Lipinski definition) is 5. The highest BCUT2D eigenvalue weighted by Gasteiger charge is 2.22. The van der Waals surface area contributed by atoms with Gasteiger partial charge in [0, 0.05) is 43.4 Å². The molecule has 0 bridgehead atoms. The van der Waals surface area contributed by atoms with Gasteiger partial charge >= 0.3 is 0 Å². The summed E-state index contributed by atoms with van der Waals surface area (Å²) in [5.41, 5.74) is 7.98. The average molecular weight is 403 g/mol. The third-order valence-electron chi connectivity index (χ3n) is 4.09. The molecule has 0 saturated carbocycles. The first kappa shape index (κ1) is 21.9. The van der Waals surface area contributed by atoms with Crippen LogP contribution in [0.2, 0.25) is 0 Å². The summed E-state index contributed by atoms with van der Waals surface area (Å²) in [7, 11) is 0. The molecule has 0 radical (unpaired) electrons. The fourth-order valence-corrected chi connectivity index (χ4v) is 3.67. The number of halogens is 2. The van der Waals surface area contributed by atoms with Gasteiger partial charge in [0.25, 0.3) is 0 Å². The minimum absolute atomic E-state index is 0. The van der Waals surface area contributed by atoms with E-state index in [1.165, 1.54) is 10.4 Å². The van der Waals surface area contributed by atoms with Crippen LogP contribution in [0.25, 0.3) is 0 Å². The molecule has 1 aliphatic rings. The minimum Gasteiger partial charge on any atom is -0.330 e. The highest BCUT2D eigenvalue weighted by molar-refractivity contribution is 7.15. The SMILES string of the molecule is CC(CN)C(=O)Nc1nc2c(s1)CN(Cc1ccccc1)CC2.Cl.Cl. The Labute approximate surface area is 164 Å². The third kappa shape index (κ3) is 5.66. The van der Waals surface area contributed by atoms with Gasteiger partial charge in [0.2, 0.25) is 5.91 Å². The maximum atomic E-state index is 11.9. The number of hydrogen-bond donors (Lipinski definition) is 2. The zero-order valence-electron chi connectivity index (χ0n) is 14.1. The first-order valence-electron chi connectivity index (χ1n) is 7.91. The van der Waals surface area contributed by atoms with E-state index in [2.05, 4.69) is 39.5 Å². The molecule has 1 unspecified atom stereocenters. The molecule has 1 atom stereocenters. The number of carbonyl (C=O) groups excluding carboxylic acids is 1. The first-order valence-corrected chi connectivity index (χ1v) is 8.73. The summed E-state index contributed by atoms with van der Waals surface area (Å²) in [6, 6.07) is 10.5. The Balaban J connectivity index is 0.00000156. The fourth-order valence-electron chi connectivity index (χ4n) is 2.61. The van der Waals surface area contributed by atoms with Gasteiger partial charge in [-0.3, -0.25) is 9.69 Å². The number of nitrogens with one attached hydrogen (secondary N) is 1. The lowest BCUT2D eigenvalue weighted by atomic mass is 10.1. The maximum Gasteiger partial charge on any atom is 0.230 e. The Morgan fingerprint density at radius 3 is 2.76 bits per heavy atom. The van der Waals surface area contributed by atoms with E-state index in [0.717, 1.165) is 31.7 Å². The lowest BCUT2D eigenvalue weighted by Crippen LogP contribution is -2.29. The van der Waals surface area contributed by atoms with Crippen LogP contribution in [0, 0.1) is 5.92 Å². The Morgan fingerprint density at radius 1 is 1.36 bits per heavy atom. The molecule has 138 valence electrons. The molecule has 2 aromatic rings. The van der Waals surface area contributed by atoms with E-state index in [1.807, 2.05) is 13.0 Å². The summed E-state index contributed by atoms with van der Waals surface area (Å²) in [5.74, 6) is -0.245. The van der Waals surface area contributed by atoms with Crippen LogP contribution in [0.1, 0.15) is 23.1 Å². The van der Waals surface area contributed by atoms with Gasteiger partial charge in [-0.2, -0.15) is 0 Å². The maximum absolute atomic E-state index is 11.9. The molecular formula is C17H24Cl2N4OS. The summed E-state index contributed by atoms with van der Waals surface area (Å²) in [5, 5.41) is 3.58. The highest BCUT2D eigenvalue weighted by atomic mass is 35.5. The van der Waals surface area contributed by atoms with Crippen LogP contribution in [0.5, 0.6) is 0 Å². The number of rotatable bonds is 5. The normalized spacial score (nSPS) is 14.6. The molecular weight excluding hydrogens is 379 g/mol. The zero-order valence-corrected chi connectivity index (χ0v) is 16.6. The molecule has 0 aliphatic carbocycles. The van der Waals surface area contributed by atoms with Gasteiger partial charge < -0.3 is 11.1 Å². The highest BCUT2D eigenvalue weighted by Crippen LogP contribution is 2.29. The van der Waals surface area contributed by atoms with Gasteiger partial charge in [-0.15, -0.1) is 36.2 Å². The van der Waals surface area contributed by atoms with Crippen molar-refractivity contribution in [3.05, 3.63) is 46.5 Å². The van der Waals surface area contributed by atoms with Crippen LogP contribution < -0.4 is 11.1 Å². The number of thiazole rings is 1. The van der Waals surface area contributed by atoms with Crippen LogP contribution in [0.15, 0.2) is 30.3 Å². The van der Waals surface area contributed by atoms with Gasteiger partial charge in [0.05, 0.1) is 5.69 Å². The summed E-state index contributed by atoms with van der Waals surface area (Å²) in [6.07, 6.45) is 0.932. The Bertz CT molecular complexity index is 681. The summed E-state index contributed by atoms with van der Waals surface area (Å²) in [6.45, 7) is 5.01. The number of nitrogens with two attached hydrogens (primary N) is 1. The third-order valence-corrected chi connectivity index (χ3v) is 5.09. The largest absolute Gasteiger partial charge is 0.330 e. The standard InChI is InChI=1S/C17H22N4OS.2ClH/c1-12(9-18)16(22)20-17-19-14-7-8-21(11-15(14)23-17)10-13-5-3-2-4-6-13;;/h2-6,12H,7-11,18H2,1H3,(H,19,20,22);2*1H. The first-order chi connectivity index (χ1) is 11.2. The lowest BCUT2D eigenvalue weighted by Gasteiger charge is -2.25. The molecule has 5 nitrogen and oxygen atoms in total. The lowest BCUT2D eigenvalue weighted by molar-refractivity contribution is -0.119. The Kier molecular flexibility index (Phi) is 8.82. The molecule has 3 rings (SSSR count). The Morgan fingerprint density at radius 2 is 2.08 bits per heavy atom. The van der Waals surface area contributed by atoms with Gasteiger partial charge in [0.1, 0.15) is 0 Å². The number of fused-ring (bicyclic) bond motifs is 1. The molecule has 0 spiro atoms. The number of anilines is 1. The molecule has 8 heteroatoms. The number of nitrogens with zero attached hydrogens (tertiary/aromatic N) is 2. The van der Waals surface area contributed by atoms with E-state index < -0.39 is 0 Å². The van der Waals surface area contributed by atoms with Gasteiger partial charge in [0.15, 0.2) is 5.13 Å². The molecule has 0 fully saturated rings. The van der Waals surface area contributed by atoms with Crippen LogP contribution >= 0.6 is 36.2 Å². The van der Waals surface area contributed by atoms with E-state index in [0.29, 0.717) is 11.7 Å². The van der Waals surface area contributed by atoms with Crippen molar-refractivity contribution >= 4 is 47.2 Å². The second kappa shape index (κ2) is 10.1. The van der Waals surface area contributed by atoms with E-state index in [9.17, 15) is 4.79 Å². The van der Waals surface area contributed by atoms with Gasteiger partial charge in [-0.25, -0.2) is 4.98 Å². The van der Waals surface area contributed by atoms with Crippen molar-refractivity contribution in [2.75, 3.05) is 18.4 Å². The fraction of sp³-hybridized carbons (Fsp3) is 0.412. The van der Waals surface area contributed by atoms with Crippen molar-refractivity contribution in [2.45, 2.75) is 26.4 Å². The molecule has 3 N–H and O–H groups in total. The molecule has 2 heterocycles. The number of aromatic nitrogens is 1. The van der Waals surface area contributed by atoms with Gasteiger partial charge in [-0.05, 0) is 5.56 Å². The number of carbonyl (C=O) groups is 1. The summed E-state index contributed by atoms with van der Waals surface area (Å²) < 4.78 is 0. The molecule has 1 amide bonds. The number of benzene rings is 1. The topological polar surface area (TPSA) is 71.2 Å². The number of amides is 1. The summed E-state index contributed by atoms with van der Waals surface area (Å²) >= 11 is 1.58. The zero-order chi connectivity index (χ0) is 16.2. The van der Waals surface area contributed by atoms with Crippen molar-refractivity contribution in [1.29, 1.82) is 0 Å². The van der Waals surface area contributed by atoms with Crippen molar-refractivity contribution in [3.63, 3.8) is 0 Å². The van der Waals surface area contributed by atoms with Crippen molar-refractivity contribution in [1.82, 2.24) is 9.88 Å². The molecule has 0 saturated heterocycles. The molecule has 1 aromatic heterocycles.